The predicted octanol–water partition coefficient (Wildman–Crippen LogP) is 0.0523. The normalized spacial score (nSPS) is 10.2. The summed E-state index contributed by atoms with van der Waals surface area (Å²) in [6.45, 7) is 0. The second-order valence-corrected chi connectivity index (χ2v) is 4.26. The highest BCUT2D eigenvalue weighted by Gasteiger charge is 2.11. The van der Waals surface area contributed by atoms with Gasteiger partial charge in [0, 0.05) is 33.5 Å². The Morgan fingerprint density at radius 2 is 1.60 bits per heavy atom. The van der Waals surface area contributed by atoms with Crippen LogP contribution < -0.4 is 11.2 Å². The number of imidazole rings is 1. The van der Waals surface area contributed by atoms with E-state index in [1.165, 1.54) is 17.9 Å². The van der Waals surface area contributed by atoms with Crippen molar-refractivity contribution in [2.75, 3.05) is 0 Å². The average molecular weight is 273 g/mol. The summed E-state index contributed by atoms with van der Waals surface area (Å²) < 4.78 is 4.04. The van der Waals surface area contributed by atoms with E-state index in [4.69, 9.17) is 0 Å². The minimum absolute atomic E-state index is 0.317. The second-order valence-electron chi connectivity index (χ2n) is 4.26. The maximum Gasteiger partial charge on any atom is 0.332 e. The molecule has 7 heteroatoms. The van der Waals surface area contributed by atoms with Gasteiger partial charge in [-0.05, 0) is 12.1 Å². The molecule has 0 spiro atoms. The number of aryl methyl sites for hydroxylation is 2. The van der Waals surface area contributed by atoms with Gasteiger partial charge in [0.15, 0.2) is 11.2 Å². The van der Waals surface area contributed by atoms with Crippen LogP contribution in [0.5, 0.6) is 0 Å². The van der Waals surface area contributed by atoms with Crippen LogP contribution in [0.1, 0.15) is 0 Å². The molecule has 0 amide bonds. The summed E-state index contributed by atoms with van der Waals surface area (Å²) in [6, 6.07) is 5.72. The van der Waals surface area contributed by atoms with Crippen molar-refractivity contribution >= 4 is 11.2 Å². The van der Waals surface area contributed by atoms with E-state index >= 15 is 0 Å². The van der Waals surface area contributed by atoms with Crippen molar-refractivity contribution in [2.45, 2.75) is 0 Å². The molecule has 0 aromatic carbocycles. The van der Waals surface area contributed by atoms with E-state index in [1.54, 1.807) is 31.1 Å². The lowest BCUT2D eigenvalue weighted by atomic mass is 10.5. The van der Waals surface area contributed by atoms with Crippen molar-refractivity contribution in [1.29, 1.82) is 0 Å². The van der Waals surface area contributed by atoms with Gasteiger partial charge in [0.2, 0.25) is 0 Å². The third kappa shape index (κ3) is 2.37. The van der Waals surface area contributed by atoms with Crippen LogP contribution in [0.3, 0.4) is 0 Å². The summed E-state index contributed by atoms with van der Waals surface area (Å²) in [6.07, 6.45) is 5.02. The van der Waals surface area contributed by atoms with Crippen molar-refractivity contribution in [1.82, 2.24) is 23.7 Å². The first-order valence-electron chi connectivity index (χ1n) is 5.96. The Morgan fingerprint density at radius 3 is 2.10 bits per heavy atom. The largest absolute Gasteiger partial charge is 0.332 e. The zero-order chi connectivity index (χ0) is 14.7. The summed E-state index contributed by atoms with van der Waals surface area (Å²) in [4.78, 5) is 30.9. The third-order valence-corrected chi connectivity index (χ3v) is 2.88. The maximum absolute atomic E-state index is 11.7. The van der Waals surface area contributed by atoms with Crippen LogP contribution in [-0.4, -0.2) is 23.7 Å². The Morgan fingerprint density at radius 1 is 0.950 bits per heavy atom. The molecule has 0 fully saturated rings. The molecule has 3 aromatic rings. The number of rotatable bonds is 0. The lowest BCUT2D eigenvalue weighted by molar-refractivity contribution is 0.705. The molecule has 3 rings (SSSR count). The fraction of sp³-hybridized carbons (Fsp3) is 0.231. The van der Waals surface area contributed by atoms with Gasteiger partial charge in [-0.25, -0.2) is 9.78 Å². The fourth-order valence-electron chi connectivity index (χ4n) is 1.78. The van der Waals surface area contributed by atoms with Crippen molar-refractivity contribution in [2.24, 2.45) is 21.1 Å². The van der Waals surface area contributed by atoms with Gasteiger partial charge in [-0.1, -0.05) is 6.07 Å². The summed E-state index contributed by atoms with van der Waals surface area (Å²) in [5.74, 6) is 0. The minimum Gasteiger partial charge on any atom is -0.328 e. The molecular formula is C13H15N5O2. The Bertz CT molecular complexity index is 803. The van der Waals surface area contributed by atoms with Gasteiger partial charge in [-0.2, -0.15) is 0 Å². The van der Waals surface area contributed by atoms with Crippen molar-refractivity contribution in [3.05, 3.63) is 57.8 Å². The first kappa shape index (κ1) is 13.7. The summed E-state index contributed by atoms with van der Waals surface area (Å²) in [7, 11) is 4.77. The number of pyridine rings is 1. The number of nitrogens with zero attached hydrogens (tertiary/aromatic N) is 5. The molecule has 0 bridgehead atoms. The molecule has 0 N–H and O–H groups in total. The Balaban J connectivity index is 0.000000205. The lowest BCUT2D eigenvalue weighted by Gasteiger charge is -2.02. The van der Waals surface area contributed by atoms with Crippen molar-refractivity contribution in [3.8, 4) is 0 Å². The van der Waals surface area contributed by atoms with E-state index in [9.17, 15) is 9.59 Å². The SMILES string of the molecule is Cn1c(=O)c2c(ncn2C)n(C)c1=O.c1ccncc1. The van der Waals surface area contributed by atoms with Crippen LogP contribution in [-0.2, 0) is 21.1 Å². The van der Waals surface area contributed by atoms with Gasteiger partial charge in [0.25, 0.3) is 5.56 Å². The molecule has 0 unspecified atom stereocenters. The highest BCUT2D eigenvalue weighted by molar-refractivity contribution is 5.69. The maximum atomic E-state index is 11.7. The van der Waals surface area contributed by atoms with Crippen LogP contribution >= 0.6 is 0 Å². The highest BCUT2D eigenvalue weighted by Crippen LogP contribution is 2.01. The van der Waals surface area contributed by atoms with E-state index in [0.29, 0.717) is 11.2 Å². The molecular weight excluding hydrogens is 258 g/mol. The zero-order valence-electron chi connectivity index (χ0n) is 11.5. The van der Waals surface area contributed by atoms with Gasteiger partial charge in [-0.15, -0.1) is 0 Å². The van der Waals surface area contributed by atoms with Gasteiger partial charge < -0.3 is 4.57 Å². The van der Waals surface area contributed by atoms with Gasteiger partial charge in [0.05, 0.1) is 6.33 Å². The van der Waals surface area contributed by atoms with E-state index in [-0.39, 0.29) is 11.2 Å². The van der Waals surface area contributed by atoms with E-state index in [2.05, 4.69) is 9.97 Å². The Hall–Kier alpha value is -2.70. The molecule has 20 heavy (non-hydrogen) atoms. The van der Waals surface area contributed by atoms with Crippen LogP contribution in [0.15, 0.2) is 46.5 Å². The molecule has 0 saturated carbocycles. The lowest BCUT2D eigenvalue weighted by Crippen LogP contribution is -2.37. The van der Waals surface area contributed by atoms with Gasteiger partial charge in [0.1, 0.15) is 0 Å². The molecule has 0 saturated heterocycles. The van der Waals surface area contributed by atoms with E-state index in [0.717, 1.165) is 4.57 Å². The summed E-state index contributed by atoms with van der Waals surface area (Å²) in [5.41, 5.74) is 0.180. The van der Waals surface area contributed by atoms with Gasteiger partial charge in [-0.3, -0.25) is 18.9 Å². The van der Waals surface area contributed by atoms with Crippen LogP contribution in [0.4, 0.5) is 0 Å². The molecule has 0 aliphatic heterocycles. The number of aromatic nitrogens is 5. The quantitative estimate of drug-likeness (QED) is 0.580. The van der Waals surface area contributed by atoms with Crippen LogP contribution in [0.25, 0.3) is 11.2 Å². The predicted molar refractivity (Wildman–Crippen MR) is 75.4 cm³/mol. The molecule has 0 radical (unpaired) electrons. The number of hydrogen-bond acceptors (Lipinski definition) is 4. The highest BCUT2D eigenvalue weighted by atomic mass is 16.2. The smallest absolute Gasteiger partial charge is 0.328 e. The standard InChI is InChI=1S/C8H10N4O2.C5H5N/c1-10-4-9-6-5(10)7(13)12(3)8(14)11(6)2;1-2-4-6-5-3-1/h4H,1-3H3;1-5H. The van der Waals surface area contributed by atoms with Crippen LogP contribution in [0.2, 0.25) is 0 Å². The van der Waals surface area contributed by atoms with Crippen molar-refractivity contribution in [3.63, 3.8) is 0 Å². The molecule has 0 atom stereocenters. The summed E-state index contributed by atoms with van der Waals surface area (Å²) >= 11 is 0. The second kappa shape index (κ2) is 5.52. The molecule has 3 heterocycles. The zero-order valence-corrected chi connectivity index (χ0v) is 11.5. The van der Waals surface area contributed by atoms with Crippen LogP contribution in [0, 0.1) is 0 Å². The third-order valence-electron chi connectivity index (χ3n) is 2.88. The van der Waals surface area contributed by atoms with E-state index in [1.807, 2.05) is 18.2 Å². The molecule has 104 valence electrons. The van der Waals surface area contributed by atoms with Gasteiger partial charge >= 0.3 is 5.69 Å². The average Bonchev–Trinajstić information content (AvgIpc) is 2.87. The monoisotopic (exact) mass is 273 g/mol. The van der Waals surface area contributed by atoms with Crippen molar-refractivity contribution < 1.29 is 0 Å². The van der Waals surface area contributed by atoms with E-state index < -0.39 is 0 Å². The Labute approximate surface area is 114 Å². The fourth-order valence-corrected chi connectivity index (χ4v) is 1.78. The first-order chi connectivity index (χ1) is 9.54. The molecule has 3 aromatic heterocycles. The molecule has 0 aliphatic rings. The summed E-state index contributed by atoms with van der Waals surface area (Å²) in [5, 5.41) is 0. The topological polar surface area (TPSA) is 74.7 Å². The number of fused-ring (bicyclic) bond motifs is 1. The number of hydrogen-bond donors (Lipinski definition) is 0. The minimum atomic E-state index is -0.360. The first-order valence-corrected chi connectivity index (χ1v) is 5.96. The molecule has 0 aliphatic carbocycles. The Kier molecular flexibility index (Phi) is 3.79. The molecule has 7 nitrogen and oxygen atoms in total.